The lowest BCUT2D eigenvalue weighted by atomic mass is 10.0. The van der Waals surface area contributed by atoms with Crippen LogP contribution in [0.25, 0.3) is 10.4 Å². The molecule has 5 heteroatoms. The number of benzene rings is 2. The largest absolute Gasteiger partial charge is 0.492 e. The maximum atomic E-state index is 11.6. The fraction of sp³-hybridized carbons (Fsp3) is 0.300. The zero-order valence-electron chi connectivity index (χ0n) is 20.1. The summed E-state index contributed by atoms with van der Waals surface area (Å²) in [5.74, 6) is -0.0451. The second-order valence-corrected chi connectivity index (χ2v) is 9.50. The summed E-state index contributed by atoms with van der Waals surface area (Å²) in [4.78, 5) is 13.0. The Balaban J connectivity index is 1.36. The molecule has 182 valence electrons. The molecule has 2 aromatic rings. The molecule has 0 spiro atoms. The van der Waals surface area contributed by atoms with Crippen molar-refractivity contribution in [3.05, 3.63) is 100 Å². The number of carbonyl (C=O) groups is 1. The predicted molar refractivity (Wildman–Crippen MR) is 142 cm³/mol. The average Bonchev–Trinajstić information content (AvgIpc) is 3.30. The molecule has 4 nitrogen and oxygen atoms in total. The third kappa shape index (κ3) is 6.50. The van der Waals surface area contributed by atoms with Gasteiger partial charge in [-0.2, -0.15) is 0 Å². The Kier molecular flexibility index (Phi) is 8.93. The van der Waals surface area contributed by atoms with Crippen molar-refractivity contribution < 1.29 is 19.4 Å². The Hall–Kier alpha value is -3.15. The van der Waals surface area contributed by atoms with Gasteiger partial charge in [0.05, 0.1) is 13.2 Å². The van der Waals surface area contributed by atoms with Crippen LogP contribution >= 0.6 is 11.3 Å². The monoisotopic (exact) mass is 488 g/mol. The minimum Gasteiger partial charge on any atom is -0.492 e. The van der Waals surface area contributed by atoms with Gasteiger partial charge < -0.3 is 14.6 Å². The molecule has 35 heavy (non-hydrogen) atoms. The number of fused-ring (bicyclic) bond motifs is 1. The summed E-state index contributed by atoms with van der Waals surface area (Å²) < 4.78 is 11.8. The molecule has 0 bridgehead atoms. The fourth-order valence-corrected chi connectivity index (χ4v) is 5.41. The van der Waals surface area contributed by atoms with Gasteiger partial charge in [0.2, 0.25) is 0 Å². The van der Waals surface area contributed by atoms with Crippen molar-refractivity contribution in [2.24, 2.45) is 0 Å². The lowest BCUT2D eigenvalue weighted by molar-refractivity contribution is -0.151. The highest BCUT2D eigenvalue weighted by atomic mass is 32.1. The summed E-state index contributed by atoms with van der Waals surface area (Å²) in [5, 5.41) is 11.6. The van der Waals surface area contributed by atoms with Gasteiger partial charge in [0.25, 0.3) is 0 Å². The van der Waals surface area contributed by atoms with Crippen molar-refractivity contribution in [2.75, 3.05) is 13.2 Å². The van der Waals surface area contributed by atoms with Crippen molar-refractivity contribution in [1.29, 1.82) is 0 Å². The van der Waals surface area contributed by atoms with Gasteiger partial charge in [-0.1, -0.05) is 86.1 Å². The maximum absolute atomic E-state index is 11.6. The topological polar surface area (TPSA) is 55.8 Å². The van der Waals surface area contributed by atoms with E-state index in [-0.39, 0.29) is 0 Å². The van der Waals surface area contributed by atoms with Gasteiger partial charge in [0.1, 0.15) is 5.75 Å². The van der Waals surface area contributed by atoms with Crippen LogP contribution in [0.4, 0.5) is 0 Å². The standard InChI is InChI=1S/C30H32O4S/c1-2-10-25-26-18-17-24(16-15-22-11-5-3-6-12-22)29(26)35-21-27(25)33-19-9-20-34-28(30(31)32)23-13-7-4-8-14-23/h3-8,11-14,17-18,21,28H,2,9-10,15-16,19-20H2,1H3,(H,31,32). The van der Waals surface area contributed by atoms with Crippen LogP contribution in [0.15, 0.2) is 78.2 Å². The first-order chi connectivity index (χ1) is 17.2. The SMILES string of the molecule is CCCc1c(OCCCOC(C(=O)O)c2ccccc2)csc2c(CCc3ccccc3)ccc1-2. The fourth-order valence-electron chi connectivity index (χ4n) is 4.33. The molecule has 0 aromatic heterocycles. The van der Waals surface area contributed by atoms with E-state index < -0.39 is 12.1 Å². The smallest absolute Gasteiger partial charge is 0.337 e. The molecular weight excluding hydrogens is 456 g/mol. The van der Waals surface area contributed by atoms with Gasteiger partial charge in [-0.25, -0.2) is 4.79 Å². The van der Waals surface area contributed by atoms with Crippen LogP contribution in [0.2, 0.25) is 0 Å². The van der Waals surface area contributed by atoms with Crippen molar-refractivity contribution in [3.8, 4) is 16.2 Å². The van der Waals surface area contributed by atoms with E-state index in [0.717, 1.165) is 31.4 Å². The van der Waals surface area contributed by atoms with Crippen molar-refractivity contribution in [2.45, 2.75) is 45.1 Å². The van der Waals surface area contributed by atoms with Gasteiger partial charge in [0.15, 0.2) is 6.10 Å². The molecule has 0 fully saturated rings. The molecule has 0 amide bonds. The molecule has 0 saturated carbocycles. The highest BCUT2D eigenvalue weighted by Gasteiger charge is 2.21. The summed E-state index contributed by atoms with van der Waals surface area (Å²) in [5.41, 5.74) is 5.97. The Morgan fingerprint density at radius 1 is 0.914 bits per heavy atom. The predicted octanol–water partition coefficient (Wildman–Crippen LogP) is 7.20. The van der Waals surface area contributed by atoms with E-state index in [9.17, 15) is 9.90 Å². The van der Waals surface area contributed by atoms with E-state index in [1.165, 1.54) is 27.1 Å². The number of hydrogen-bond acceptors (Lipinski definition) is 4. The van der Waals surface area contributed by atoms with Crippen LogP contribution in [-0.4, -0.2) is 24.3 Å². The van der Waals surface area contributed by atoms with E-state index in [1.54, 1.807) is 23.5 Å². The van der Waals surface area contributed by atoms with Crippen LogP contribution in [-0.2, 0) is 28.8 Å². The van der Waals surface area contributed by atoms with Gasteiger partial charge >= 0.3 is 5.97 Å². The molecule has 0 radical (unpaired) electrons. The van der Waals surface area contributed by atoms with E-state index in [2.05, 4.69) is 54.8 Å². The molecular formula is C30H32O4S. The molecule has 1 heterocycles. The summed E-state index contributed by atoms with van der Waals surface area (Å²) in [6, 6.07) is 24.2. The number of rotatable bonds is 13. The van der Waals surface area contributed by atoms with Crippen LogP contribution in [0.3, 0.4) is 0 Å². The normalized spacial score (nSPS) is 12.0. The lowest BCUT2D eigenvalue weighted by Gasteiger charge is -2.17. The first-order valence-corrected chi connectivity index (χ1v) is 13.1. The average molecular weight is 489 g/mol. The zero-order valence-corrected chi connectivity index (χ0v) is 20.9. The molecule has 1 atom stereocenters. The first-order valence-electron chi connectivity index (χ1n) is 12.3. The number of carboxylic acids is 1. The van der Waals surface area contributed by atoms with Gasteiger partial charge in [-0.3, -0.25) is 0 Å². The zero-order chi connectivity index (χ0) is 24.5. The van der Waals surface area contributed by atoms with Crippen molar-refractivity contribution in [3.63, 3.8) is 0 Å². The summed E-state index contributed by atoms with van der Waals surface area (Å²) in [6.07, 6.45) is 3.74. The van der Waals surface area contributed by atoms with Crippen LogP contribution in [0.5, 0.6) is 5.75 Å². The van der Waals surface area contributed by atoms with Crippen LogP contribution in [0.1, 0.15) is 48.1 Å². The van der Waals surface area contributed by atoms with E-state index >= 15 is 0 Å². The van der Waals surface area contributed by atoms with E-state index in [4.69, 9.17) is 9.47 Å². The molecule has 1 aliphatic heterocycles. The van der Waals surface area contributed by atoms with Gasteiger partial charge in [0, 0.05) is 22.2 Å². The highest BCUT2D eigenvalue weighted by Crippen LogP contribution is 2.41. The van der Waals surface area contributed by atoms with Crippen molar-refractivity contribution in [1.82, 2.24) is 0 Å². The second kappa shape index (κ2) is 12.5. The van der Waals surface area contributed by atoms with Crippen LogP contribution in [0, 0.1) is 0 Å². The molecule has 0 saturated heterocycles. The number of carboxylic acid groups (broad SMARTS) is 1. The summed E-state index contributed by atoms with van der Waals surface area (Å²) >= 11 is 1.75. The quantitative estimate of drug-likeness (QED) is 0.202. The van der Waals surface area contributed by atoms with E-state index in [0.29, 0.717) is 25.2 Å². The number of aryl methyl sites for hydroxylation is 2. The Morgan fingerprint density at radius 3 is 2.37 bits per heavy atom. The molecule has 2 aliphatic rings. The Morgan fingerprint density at radius 2 is 1.66 bits per heavy atom. The highest BCUT2D eigenvalue weighted by molar-refractivity contribution is 7.13. The minimum absolute atomic E-state index is 0.320. The number of ether oxygens (including phenoxy) is 2. The molecule has 1 unspecified atom stereocenters. The Labute approximate surface area is 211 Å². The minimum atomic E-state index is -0.978. The molecule has 2 aromatic carbocycles. The van der Waals surface area contributed by atoms with Gasteiger partial charge in [-0.15, -0.1) is 11.3 Å². The summed E-state index contributed by atoms with van der Waals surface area (Å²) in [7, 11) is 0. The Bertz CT molecular complexity index is 1170. The lowest BCUT2D eigenvalue weighted by Crippen LogP contribution is -2.17. The first kappa shape index (κ1) is 25.0. The summed E-state index contributed by atoms with van der Waals surface area (Å²) in [6.45, 7) is 2.99. The maximum Gasteiger partial charge on any atom is 0.337 e. The van der Waals surface area contributed by atoms with Crippen molar-refractivity contribution >= 4 is 17.3 Å². The molecule has 1 aliphatic carbocycles. The number of hydrogen-bond donors (Lipinski definition) is 1. The third-order valence-electron chi connectivity index (χ3n) is 6.08. The van der Waals surface area contributed by atoms with Gasteiger partial charge in [-0.05, 0) is 41.5 Å². The second-order valence-electron chi connectivity index (χ2n) is 8.62. The van der Waals surface area contributed by atoms with Crippen LogP contribution < -0.4 is 4.74 Å². The number of aliphatic carboxylic acids is 1. The van der Waals surface area contributed by atoms with E-state index in [1.807, 2.05) is 18.2 Å². The molecule has 1 N–H and O–H groups in total. The third-order valence-corrected chi connectivity index (χ3v) is 7.13. The molecule has 4 rings (SSSR count).